The third-order valence-corrected chi connectivity index (χ3v) is 5.76. The Bertz CT molecular complexity index is 517. The van der Waals surface area contributed by atoms with Gasteiger partial charge in [-0.3, -0.25) is 0 Å². The predicted octanol–water partition coefficient (Wildman–Crippen LogP) is 7.80. The molecular formula is C27H46O4. The number of hydrogen-bond donors (Lipinski definition) is 1. The average Bonchev–Trinajstić information content (AvgIpc) is 2.78. The molecule has 1 atom stereocenters. The zero-order valence-electron chi connectivity index (χ0n) is 19.9. The molecule has 0 spiro atoms. The summed E-state index contributed by atoms with van der Waals surface area (Å²) in [4.78, 5) is 11.4. The van der Waals surface area contributed by atoms with Crippen molar-refractivity contribution in [3.05, 3.63) is 30.3 Å². The molecule has 0 aromatic heterocycles. The van der Waals surface area contributed by atoms with Crippen molar-refractivity contribution in [3.63, 3.8) is 0 Å². The minimum atomic E-state index is -0.870. The van der Waals surface area contributed by atoms with Crippen LogP contribution in [-0.4, -0.2) is 30.4 Å². The molecule has 178 valence electrons. The summed E-state index contributed by atoms with van der Waals surface area (Å²) in [6.45, 7) is 2.93. The highest BCUT2D eigenvalue weighted by Crippen LogP contribution is 2.15. The summed E-state index contributed by atoms with van der Waals surface area (Å²) < 4.78 is 11.1. The molecule has 1 unspecified atom stereocenters. The number of aliphatic carboxylic acids is 1. The summed E-state index contributed by atoms with van der Waals surface area (Å²) in [5, 5.41) is 9.34. The Morgan fingerprint density at radius 1 is 0.742 bits per heavy atom. The number of rotatable bonds is 22. The first-order valence-electron chi connectivity index (χ1n) is 12.8. The first kappa shape index (κ1) is 27.5. The van der Waals surface area contributed by atoms with Crippen LogP contribution in [0.5, 0.6) is 5.75 Å². The molecule has 0 radical (unpaired) electrons. The van der Waals surface area contributed by atoms with Crippen LogP contribution in [0.3, 0.4) is 0 Å². The highest BCUT2D eigenvalue weighted by atomic mass is 16.5. The van der Waals surface area contributed by atoms with E-state index in [0.717, 1.165) is 18.6 Å². The van der Waals surface area contributed by atoms with Gasteiger partial charge in [-0.25, -0.2) is 4.79 Å². The van der Waals surface area contributed by atoms with Gasteiger partial charge < -0.3 is 14.6 Å². The van der Waals surface area contributed by atoms with Crippen molar-refractivity contribution in [2.45, 2.75) is 116 Å². The fourth-order valence-electron chi connectivity index (χ4n) is 3.85. The van der Waals surface area contributed by atoms with Gasteiger partial charge in [0.15, 0.2) is 6.10 Å². The molecule has 0 bridgehead atoms. The number of unbranched alkanes of at least 4 members (excludes halogenated alkanes) is 14. The van der Waals surface area contributed by atoms with Crippen molar-refractivity contribution >= 4 is 5.97 Å². The highest BCUT2D eigenvalue weighted by molar-refractivity contribution is 5.72. The Morgan fingerprint density at radius 3 is 1.71 bits per heavy atom. The number of benzene rings is 1. The van der Waals surface area contributed by atoms with Crippen LogP contribution < -0.4 is 4.74 Å². The lowest BCUT2D eigenvalue weighted by atomic mass is 10.0. The molecule has 0 saturated carbocycles. The van der Waals surface area contributed by atoms with Crippen LogP contribution in [0.4, 0.5) is 0 Å². The minimum absolute atomic E-state index is 0.296. The average molecular weight is 435 g/mol. The molecular weight excluding hydrogens is 388 g/mol. The van der Waals surface area contributed by atoms with Gasteiger partial charge >= 0.3 is 5.97 Å². The Hall–Kier alpha value is -1.55. The van der Waals surface area contributed by atoms with E-state index in [9.17, 15) is 9.90 Å². The molecule has 0 aliphatic rings. The van der Waals surface area contributed by atoms with Gasteiger partial charge in [0.2, 0.25) is 0 Å². The first-order chi connectivity index (χ1) is 15.2. The summed E-state index contributed by atoms with van der Waals surface area (Å²) in [7, 11) is 0. The third-order valence-electron chi connectivity index (χ3n) is 5.76. The van der Waals surface area contributed by atoms with E-state index in [0.29, 0.717) is 19.6 Å². The minimum Gasteiger partial charge on any atom is -0.491 e. The predicted molar refractivity (Wildman–Crippen MR) is 129 cm³/mol. The van der Waals surface area contributed by atoms with E-state index in [1.54, 1.807) is 0 Å². The summed E-state index contributed by atoms with van der Waals surface area (Å²) in [5.74, 6) is -0.0922. The smallest absolute Gasteiger partial charge is 0.332 e. The second kappa shape index (κ2) is 20.4. The Kier molecular flexibility index (Phi) is 18.0. The fourth-order valence-corrected chi connectivity index (χ4v) is 3.85. The Morgan fingerprint density at radius 2 is 1.23 bits per heavy atom. The molecule has 0 aliphatic carbocycles. The van der Waals surface area contributed by atoms with Crippen LogP contribution in [0, 0.1) is 0 Å². The van der Waals surface area contributed by atoms with Crippen LogP contribution in [0.25, 0.3) is 0 Å². The summed E-state index contributed by atoms with van der Waals surface area (Å²) in [6.07, 6.45) is 19.5. The van der Waals surface area contributed by atoms with Gasteiger partial charge in [-0.1, -0.05) is 121 Å². The lowest BCUT2D eigenvalue weighted by molar-refractivity contribution is -0.151. The quantitative estimate of drug-likeness (QED) is 0.189. The summed E-state index contributed by atoms with van der Waals surface area (Å²) in [6, 6.07) is 9.51. The molecule has 4 heteroatoms. The number of para-hydroxylation sites is 1. The van der Waals surface area contributed by atoms with Gasteiger partial charge in [-0.2, -0.15) is 0 Å². The molecule has 1 N–H and O–H groups in total. The topological polar surface area (TPSA) is 55.8 Å². The van der Waals surface area contributed by atoms with E-state index >= 15 is 0 Å². The molecule has 1 rings (SSSR count). The van der Waals surface area contributed by atoms with Gasteiger partial charge in [-0.15, -0.1) is 0 Å². The van der Waals surface area contributed by atoms with Gasteiger partial charge in [0.25, 0.3) is 0 Å². The molecule has 0 amide bonds. The normalized spacial score (nSPS) is 12.0. The molecule has 31 heavy (non-hydrogen) atoms. The van der Waals surface area contributed by atoms with E-state index < -0.39 is 12.1 Å². The second-order valence-electron chi connectivity index (χ2n) is 8.60. The van der Waals surface area contributed by atoms with Crippen LogP contribution in [0.2, 0.25) is 0 Å². The van der Waals surface area contributed by atoms with E-state index in [2.05, 4.69) is 6.92 Å². The maximum absolute atomic E-state index is 11.4. The van der Waals surface area contributed by atoms with Crippen LogP contribution in [-0.2, 0) is 9.53 Å². The molecule has 1 aromatic rings. The molecule has 1 aromatic carbocycles. The second-order valence-corrected chi connectivity index (χ2v) is 8.60. The van der Waals surface area contributed by atoms with Crippen LogP contribution >= 0.6 is 0 Å². The summed E-state index contributed by atoms with van der Waals surface area (Å²) >= 11 is 0. The van der Waals surface area contributed by atoms with Crippen LogP contribution in [0.1, 0.15) is 110 Å². The van der Waals surface area contributed by atoms with Crippen molar-refractivity contribution in [1.29, 1.82) is 0 Å². The first-order valence-corrected chi connectivity index (χ1v) is 12.8. The van der Waals surface area contributed by atoms with Crippen molar-refractivity contribution in [3.8, 4) is 5.75 Å². The van der Waals surface area contributed by atoms with E-state index in [1.165, 1.54) is 83.5 Å². The maximum Gasteiger partial charge on any atom is 0.332 e. The Labute approximate surface area is 190 Å². The van der Waals surface area contributed by atoms with Gasteiger partial charge in [0.05, 0.1) is 6.61 Å². The van der Waals surface area contributed by atoms with Crippen molar-refractivity contribution < 1.29 is 19.4 Å². The Balaban J connectivity index is 1.89. The zero-order chi connectivity index (χ0) is 22.4. The van der Waals surface area contributed by atoms with Gasteiger partial charge in [-0.05, 0) is 18.6 Å². The third kappa shape index (κ3) is 16.8. The number of carboxylic acids is 1. The van der Waals surface area contributed by atoms with Crippen molar-refractivity contribution in [2.24, 2.45) is 0 Å². The maximum atomic E-state index is 11.4. The van der Waals surface area contributed by atoms with E-state index in [4.69, 9.17) is 9.47 Å². The van der Waals surface area contributed by atoms with Crippen LogP contribution in [0.15, 0.2) is 30.3 Å². The summed E-state index contributed by atoms with van der Waals surface area (Å²) in [5.41, 5.74) is 0. The molecule has 4 nitrogen and oxygen atoms in total. The largest absolute Gasteiger partial charge is 0.491 e. The lowest BCUT2D eigenvalue weighted by Crippen LogP contribution is -2.26. The number of carbonyl (C=O) groups is 1. The fraction of sp³-hybridized carbons (Fsp3) is 0.741. The van der Waals surface area contributed by atoms with Gasteiger partial charge in [0, 0.05) is 0 Å². The molecule has 0 saturated heterocycles. The highest BCUT2D eigenvalue weighted by Gasteiger charge is 2.17. The number of ether oxygens (including phenoxy) is 2. The molecule has 0 fully saturated rings. The van der Waals surface area contributed by atoms with Crippen molar-refractivity contribution in [1.82, 2.24) is 0 Å². The lowest BCUT2D eigenvalue weighted by Gasteiger charge is -2.14. The number of hydrogen-bond acceptors (Lipinski definition) is 3. The monoisotopic (exact) mass is 434 g/mol. The molecule has 0 heterocycles. The van der Waals surface area contributed by atoms with E-state index in [1.807, 2.05) is 30.3 Å². The SMILES string of the molecule is CCCCCCCCCCCCCCCCCC(OCCOc1ccccc1)C(=O)O. The van der Waals surface area contributed by atoms with E-state index in [-0.39, 0.29) is 0 Å². The van der Waals surface area contributed by atoms with Crippen molar-refractivity contribution in [2.75, 3.05) is 13.2 Å². The number of carboxylic acid groups (broad SMARTS) is 1. The zero-order valence-corrected chi connectivity index (χ0v) is 19.9. The van der Waals surface area contributed by atoms with Gasteiger partial charge in [0.1, 0.15) is 12.4 Å². The molecule has 0 aliphatic heterocycles. The standard InChI is InChI=1S/C27H46O4/c1-2-3-4-5-6-7-8-9-10-11-12-13-14-15-19-22-26(27(28)29)31-24-23-30-25-20-17-16-18-21-25/h16-18,20-21,26H,2-15,19,22-24H2,1H3,(H,28,29).